The average molecular weight is 297 g/mol. The molecule has 0 heterocycles. The average Bonchev–Trinajstić information content (AvgIpc) is 2.31. The molecule has 1 aliphatic carbocycles. The van der Waals surface area contributed by atoms with Crippen molar-refractivity contribution in [3.63, 3.8) is 0 Å². The maximum Gasteiger partial charge on any atom is 0.105 e. The summed E-state index contributed by atoms with van der Waals surface area (Å²) in [7, 11) is 0. The van der Waals surface area contributed by atoms with Crippen molar-refractivity contribution in [1.82, 2.24) is 0 Å². The molecule has 0 amide bonds. The molecule has 0 saturated heterocycles. The third kappa shape index (κ3) is 3.40. The van der Waals surface area contributed by atoms with Crippen LogP contribution in [0.1, 0.15) is 45.1 Å². The molecule has 1 aliphatic rings. The number of nitrogens with one attached hydrogen (secondary N) is 1. The van der Waals surface area contributed by atoms with Crippen molar-refractivity contribution in [2.24, 2.45) is 11.1 Å². The van der Waals surface area contributed by atoms with Crippen LogP contribution in [0.25, 0.3) is 0 Å². The first kappa shape index (κ1) is 14.6. The summed E-state index contributed by atoms with van der Waals surface area (Å²) < 4.78 is 0. The van der Waals surface area contributed by atoms with E-state index in [9.17, 15) is 0 Å². The zero-order chi connectivity index (χ0) is 14.0. The van der Waals surface area contributed by atoms with Crippen LogP contribution in [-0.4, -0.2) is 11.0 Å². The van der Waals surface area contributed by atoms with Crippen LogP contribution in [0.3, 0.4) is 0 Å². The van der Waals surface area contributed by atoms with Crippen molar-refractivity contribution in [2.45, 2.75) is 45.6 Å². The molecule has 1 aromatic carbocycles. The van der Waals surface area contributed by atoms with Gasteiger partial charge in [-0.2, -0.15) is 0 Å². The molecule has 1 unspecified atom stereocenters. The standard InChI is InChI=1S/C15H21ClN2S/c1-15(2)8-4-3-5-13(15)18-10-6-7-11(14(17)19)12(16)9-10/h6-7,9,13,18H,3-5,8H2,1-2H3,(H2,17,19). The van der Waals surface area contributed by atoms with E-state index in [1.807, 2.05) is 18.2 Å². The largest absolute Gasteiger partial charge is 0.389 e. The fourth-order valence-electron chi connectivity index (χ4n) is 2.77. The van der Waals surface area contributed by atoms with Gasteiger partial charge in [0.05, 0.1) is 5.02 Å². The van der Waals surface area contributed by atoms with Gasteiger partial charge in [-0.25, -0.2) is 0 Å². The maximum absolute atomic E-state index is 6.21. The Balaban J connectivity index is 2.15. The topological polar surface area (TPSA) is 38.0 Å². The Morgan fingerprint density at radius 3 is 2.74 bits per heavy atom. The molecule has 4 heteroatoms. The fourth-order valence-corrected chi connectivity index (χ4v) is 3.28. The van der Waals surface area contributed by atoms with Crippen LogP contribution in [0.4, 0.5) is 5.69 Å². The number of hydrogen-bond donors (Lipinski definition) is 2. The Morgan fingerprint density at radius 2 is 2.16 bits per heavy atom. The molecule has 1 saturated carbocycles. The second kappa shape index (κ2) is 5.68. The number of benzene rings is 1. The molecule has 0 radical (unpaired) electrons. The fraction of sp³-hybridized carbons (Fsp3) is 0.533. The van der Waals surface area contributed by atoms with E-state index in [0.29, 0.717) is 21.5 Å². The Morgan fingerprint density at radius 1 is 1.42 bits per heavy atom. The SMILES string of the molecule is CC1(C)CCCCC1Nc1ccc(C(N)=S)c(Cl)c1. The highest BCUT2D eigenvalue weighted by Crippen LogP contribution is 2.37. The summed E-state index contributed by atoms with van der Waals surface area (Å²) in [5.74, 6) is 0. The molecule has 1 aromatic rings. The van der Waals surface area contributed by atoms with Crippen molar-refractivity contribution < 1.29 is 0 Å². The first-order valence-corrected chi connectivity index (χ1v) is 7.55. The van der Waals surface area contributed by atoms with Crippen molar-refractivity contribution in [3.05, 3.63) is 28.8 Å². The highest BCUT2D eigenvalue weighted by Gasteiger charge is 2.31. The number of anilines is 1. The van der Waals surface area contributed by atoms with E-state index in [0.717, 1.165) is 11.3 Å². The molecule has 2 nitrogen and oxygen atoms in total. The number of halogens is 1. The lowest BCUT2D eigenvalue weighted by Gasteiger charge is -2.39. The predicted molar refractivity (Wildman–Crippen MR) is 87.0 cm³/mol. The lowest BCUT2D eigenvalue weighted by molar-refractivity contribution is 0.217. The molecule has 19 heavy (non-hydrogen) atoms. The third-order valence-corrected chi connectivity index (χ3v) is 4.62. The highest BCUT2D eigenvalue weighted by atomic mass is 35.5. The first-order valence-electron chi connectivity index (χ1n) is 6.76. The van der Waals surface area contributed by atoms with Crippen LogP contribution in [-0.2, 0) is 0 Å². The van der Waals surface area contributed by atoms with Gasteiger partial charge in [0, 0.05) is 17.3 Å². The molecular formula is C15H21ClN2S. The molecule has 3 N–H and O–H groups in total. The van der Waals surface area contributed by atoms with Gasteiger partial charge in [-0.1, -0.05) is 50.5 Å². The van der Waals surface area contributed by atoms with E-state index in [2.05, 4.69) is 19.2 Å². The predicted octanol–water partition coefficient (Wildman–Crippen LogP) is 4.35. The van der Waals surface area contributed by atoms with E-state index in [4.69, 9.17) is 29.6 Å². The van der Waals surface area contributed by atoms with Gasteiger partial charge in [0.1, 0.15) is 4.99 Å². The van der Waals surface area contributed by atoms with E-state index in [1.54, 1.807) is 0 Å². The van der Waals surface area contributed by atoms with Crippen LogP contribution < -0.4 is 11.1 Å². The minimum Gasteiger partial charge on any atom is -0.389 e. The molecule has 2 rings (SSSR count). The van der Waals surface area contributed by atoms with Crippen LogP contribution in [0, 0.1) is 5.41 Å². The molecule has 0 bridgehead atoms. The first-order chi connectivity index (χ1) is 8.90. The van der Waals surface area contributed by atoms with E-state index < -0.39 is 0 Å². The van der Waals surface area contributed by atoms with Crippen molar-refractivity contribution >= 4 is 34.5 Å². The van der Waals surface area contributed by atoms with E-state index in [1.165, 1.54) is 25.7 Å². The number of thiocarbonyl (C=S) groups is 1. The van der Waals surface area contributed by atoms with Gasteiger partial charge >= 0.3 is 0 Å². The Hall–Kier alpha value is -0.800. The number of hydrogen-bond acceptors (Lipinski definition) is 2. The van der Waals surface area contributed by atoms with Crippen LogP contribution in [0.2, 0.25) is 5.02 Å². The monoisotopic (exact) mass is 296 g/mol. The summed E-state index contributed by atoms with van der Waals surface area (Å²) in [5, 5.41) is 4.23. The van der Waals surface area contributed by atoms with Crippen molar-refractivity contribution in [2.75, 3.05) is 5.32 Å². The number of nitrogens with two attached hydrogens (primary N) is 1. The molecule has 0 aliphatic heterocycles. The molecule has 1 fully saturated rings. The van der Waals surface area contributed by atoms with E-state index >= 15 is 0 Å². The summed E-state index contributed by atoms with van der Waals surface area (Å²) in [6.07, 6.45) is 5.09. The van der Waals surface area contributed by atoms with Gasteiger partial charge in [0.25, 0.3) is 0 Å². The Labute approximate surface area is 125 Å². The van der Waals surface area contributed by atoms with Crippen LogP contribution >= 0.6 is 23.8 Å². The second-order valence-electron chi connectivity index (χ2n) is 5.99. The van der Waals surface area contributed by atoms with Gasteiger partial charge in [0.15, 0.2) is 0 Å². The normalized spacial score (nSPS) is 21.9. The lowest BCUT2D eigenvalue weighted by atomic mass is 9.73. The van der Waals surface area contributed by atoms with E-state index in [-0.39, 0.29) is 0 Å². The van der Waals surface area contributed by atoms with Gasteiger partial charge in [-0.15, -0.1) is 0 Å². The molecule has 1 atom stereocenters. The smallest absolute Gasteiger partial charge is 0.105 e. The van der Waals surface area contributed by atoms with Gasteiger partial charge in [0.2, 0.25) is 0 Å². The van der Waals surface area contributed by atoms with Crippen LogP contribution in [0.15, 0.2) is 18.2 Å². The second-order valence-corrected chi connectivity index (χ2v) is 6.84. The summed E-state index contributed by atoms with van der Waals surface area (Å²) in [4.78, 5) is 0.342. The summed E-state index contributed by atoms with van der Waals surface area (Å²) in [6, 6.07) is 6.31. The summed E-state index contributed by atoms with van der Waals surface area (Å²) in [6.45, 7) is 4.66. The van der Waals surface area contributed by atoms with Gasteiger partial charge < -0.3 is 11.1 Å². The highest BCUT2D eigenvalue weighted by molar-refractivity contribution is 7.80. The maximum atomic E-state index is 6.21. The Bertz CT molecular complexity index is 485. The minimum atomic E-state index is 0.326. The minimum absolute atomic E-state index is 0.326. The summed E-state index contributed by atoms with van der Waals surface area (Å²) in [5.41, 5.74) is 7.73. The van der Waals surface area contributed by atoms with Crippen LogP contribution in [0.5, 0.6) is 0 Å². The van der Waals surface area contributed by atoms with Crippen molar-refractivity contribution in [3.8, 4) is 0 Å². The molecule has 104 valence electrons. The quantitative estimate of drug-likeness (QED) is 0.814. The zero-order valence-electron chi connectivity index (χ0n) is 11.5. The summed E-state index contributed by atoms with van der Waals surface area (Å²) >= 11 is 11.2. The van der Waals surface area contributed by atoms with Crippen molar-refractivity contribution in [1.29, 1.82) is 0 Å². The Kier molecular flexibility index (Phi) is 4.36. The van der Waals surface area contributed by atoms with Gasteiger partial charge in [-0.3, -0.25) is 0 Å². The van der Waals surface area contributed by atoms with Gasteiger partial charge in [-0.05, 0) is 36.5 Å². The molecular weight excluding hydrogens is 276 g/mol. The third-order valence-electron chi connectivity index (χ3n) is 4.08. The molecule has 0 aromatic heterocycles. The lowest BCUT2D eigenvalue weighted by Crippen LogP contribution is -2.38. The molecule has 0 spiro atoms. The zero-order valence-corrected chi connectivity index (χ0v) is 13.1. The number of rotatable bonds is 3.